The van der Waals surface area contributed by atoms with Gasteiger partial charge < -0.3 is 10.1 Å². The molecule has 3 aromatic rings. The maximum Gasteiger partial charge on any atom is 0.155 e. The average Bonchev–Trinajstić information content (AvgIpc) is 2.61. The second-order valence-electron chi connectivity index (χ2n) is 7.62. The number of carbonyl (C=O) groups is 1. The van der Waals surface area contributed by atoms with Crippen LogP contribution in [-0.2, 0) is 30.3 Å². The van der Waals surface area contributed by atoms with Crippen LogP contribution >= 0.6 is 0 Å². The fourth-order valence-electron chi connectivity index (χ4n) is 3.77. The summed E-state index contributed by atoms with van der Waals surface area (Å²) < 4.78 is 14.8. The van der Waals surface area contributed by atoms with E-state index in [1.165, 1.54) is 19.9 Å². The molecule has 0 saturated carbocycles. The van der Waals surface area contributed by atoms with Crippen molar-refractivity contribution in [1.29, 1.82) is 0 Å². The van der Waals surface area contributed by atoms with Crippen LogP contribution in [0, 0.1) is 18.8 Å². The molecule has 4 rings (SSSR count). The number of benzene rings is 2. The Labute approximate surface area is 184 Å². The van der Waals surface area contributed by atoms with Gasteiger partial charge in [-0.25, -0.2) is 4.39 Å². The Morgan fingerprint density at radius 1 is 1.24 bits per heavy atom. The molecule has 29 heavy (non-hydrogen) atoms. The van der Waals surface area contributed by atoms with E-state index in [4.69, 9.17) is 5.11 Å². The van der Waals surface area contributed by atoms with E-state index in [9.17, 15) is 9.18 Å². The number of fused-ring (bicyclic) bond motifs is 2. The molecular weight excluding hydrogens is 545 g/mol. The number of aromatic nitrogens is 1. The largest absolute Gasteiger partial charge is 0.512 e. The molecule has 1 aliphatic rings. The quantitative estimate of drug-likeness (QED) is 0.229. The summed E-state index contributed by atoms with van der Waals surface area (Å²) in [6, 6.07) is 13.2. The fraction of sp³-hybridized carbons (Fsp3) is 0.250. The molecule has 3 nitrogen and oxygen atoms in total. The van der Waals surface area contributed by atoms with Crippen LogP contribution in [0.3, 0.4) is 0 Å². The first-order valence-corrected chi connectivity index (χ1v) is 9.12. The van der Waals surface area contributed by atoms with Crippen LogP contribution in [0.1, 0.15) is 44.4 Å². The Hall–Kier alpha value is -2.36. The van der Waals surface area contributed by atoms with E-state index in [0.29, 0.717) is 11.1 Å². The number of ketones is 1. The minimum absolute atomic E-state index is 0. The van der Waals surface area contributed by atoms with Gasteiger partial charge in [-0.3, -0.25) is 4.79 Å². The maximum atomic E-state index is 14.8. The van der Waals surface area contributed by atoms with Crippen molar-refractivity contribution in [2.24, 2.45) is 0 Å². The van der Waals surface area contributed by atoms with E-state index in [2.05, 4.69) is 37.0 Å². The van der Waals surface area contributed by atoms with Gasteiger partial charge in [-0.05, 0) is 47.4 Å². The normalized spacial score (nSPS) is 13.7. The van der Waals surface area contributed by atoms with Crippen molar-refractivity contribution < 1.29 is 34.4 Å². The van der Waals surface area contributed by atoms with Gasteiger partial charge in [0.1, 0.15) is 0 Å². The zero-order valence-corrected chi connectivity index (χ0v) is 19.5. The van der Waals surface area contributed by atoms with Crippen LogP contribution in [0.25, 0.3) is 22.0 Å². The van der Waals surface area contributed by atoms with Gasteiger partial charge in [0.25, 0.3) is 0 Å². The number of hydrogen-bond acceptors (Lipinski definition) is 3. The minimum atomic E-state index is -0.391. The average molecular weight is 569 g/mol. The van der Waals surface area contributed by atoms with Gasteiger partial charge in [0, 0.05) is 38.2 Å². The molecule has 0 unspecified atom stereocenters. The second-order valence-corrected chi connectivity index (χ2v) is 7.62. The van der Waals surface area contributed by atoms with Crippen molar-refractivity contribution >= 4 is 16.6 Å². The summed E-state index contributed by atoms with van der Waals surface area (Å²) in [5, 5.41) is 10.6. The second kappa shape index (κ2) is 8.56. The predicted octanol–water partition coefficient (Wildman–Crippen LogP) is 5.82. The molecule has 153 valence electrons. The number of rotatable bonds is 1. The SMILES string of the molecule is CC(=O)C=C(C)O.Cc1c[c-]c2c(c1F)C(C)(C)c1cccc3ccnc-2c13.[Ir]. The molecular formula is C24H23FIrNO2-. The predicted molar refractivity (Wildman–Crippen MR) is 110 cm³/mol. The first-order chi connectivity index (χ1) is 13.1. The molecule has 0 bridgehead atoms. The van der Waals surface area contributed by atoms with Crippen LogP contribution in [0.15, 0.2) is 48.4 Å². The number of aryl methyl sites for hydroxylation is 1. The molecule has 1 radical (unpaired) electrons. The van der Waals surface area contributed by atoms with Gasteiger partial charge in [-0.2, -0.15) is 0 Å². The Morgan fingerprint density at radius 3 is 2.52 bits per heavy atom. The molecule has 1 heterocycles. The van der Waals surface area contributed by atoms with Crippen LogP contribution in [0.2, 0.25) is 0 Å². The standard InChI is InChI=1S/C19H15FN.C5H8O2.Ir/c1-11-7-8-13-16(17(11)20)19(2,3)14-6-4-5-12-9-10-21-18(13)15(12)14;1-4(6)3-5(2)7;/h4-7,9-10H,1-3H3;3,6H,1-2H3;/q-1;;. The Morgan fingerprint density at radius 2 is 1.93 bits per heavy atom. The van der Waals surface area contributed by atoms with E-state index in [-0.39, 0.29) is 37.5 Å². The third-order valence-corrected chi connectivity index (χ3v) is 4.99. The zero-order valence-electron chi connectivity index (χ0n) is 17.1. The summed E-state index contributed by atoms with van der Waals surface area (Å²) in [5.41, 5.74) is 3.73. The molecule has 1 N–H and O–H groups in total. The van der Waals surface area contributed by atoms with Gasteiger partial charge in [-0.15, -0.1) is 17.7 Å². The van der Waals surface area contributed by atoms with Gasteiger partial charge >= 0.3 is 0 Å². The van der Waals surface area contributed by atoms with E-state index >= 15 is 0 Å². The maximum absolute atomic E-state index is 14.8. The van der Waals surface area contributed by atoms with Crippen molar-refractivity contribution in [3.8, 4) is 11.3 Å². The fourth-order valence-corrected chi connectivity index (χ4v) is 3.77. The summed E-state index contributed by atoms with van der Waals surface area (Å²) in [7, 11) is 0. The number of halogens is 1. The first-order valence-electron chi connectivity index (χ1n) is 9.12. The monoisotopic (exact) mass is 569 g/mol. The molecule has 0 saturated heterocycles. The van der Waals surface area contributed by atoms with Gasteiger partial charge in [0.2, 0.25) is 0 Å². The third-order valence-electron chi connectivity index (χ3n) is 4.99. The van der Waals surface area contributed by atoms with E-state index in [1.807, 2.05) is 12.1 Å². The van der Waals surface area contributed by atoms with Crippen LogP contribution in [0.4, 0.5) is 4.39 Å². The third kappa shape index (κ3) is 4.17. The number of nitrogens with zero attached hydrogens (tertiary/aromatic N) is 1. The molecule has 0 fully saturated rings. The van der Waals surface area contributed by atoms with Crippen LogP contribution < -0.4 is 0 Å². The van der Waals surface area contributed by atoms with Crippen LogP contribution in [0.5, 0.6) is 0 Å². The molecule has 5 heteroatoms. The molecule has 1 aromatic heterocycles. The van der Waals surface area contributed by atoms with Crippen molar-refractivity contribution in [3.63, 3.8) is 0 Å². The number of carbonyl (C=O) groups excluding carboxylic acids is 1. The summed E-state index contributed by atoms with van der Waals surface area (Å²) in [4.78, 5) is 14.5. The van der Waals surface area contributed by atoms with Gasteiger partial charge in [0.15, 0.2) is 5.78 Å². The zero-order chi connectivity index (χ0) is 20.6. The summed E-state index contributed by atoms with van der Waals surface area (Å²) in [6.45, 7) is 8.79. The van der Waals surface area contributed by atoms with Crippen LogP contribution in [-0.4, -0.2) is 15.9 Å². The minimum Gasteiger partial charge on any atom is -0.512 e. The van der Waals surface area contributed by atoms with Crippen molar-refractivity contribution in [2.75, 3.05) is 0 Å². The number of aliphatic hydroxyl groups excluding tert-OH is 1. The Kier molecular flexibility index (Phi) is 6.77. The first kappa shape index (κ1) is 22.9. The van der Waals surface area contributed by atoms with Crippen molar-refractivity contribution in [1.82, 2.24) is 4.98 Å². The summed E-state index contributed by atoms with van der Waals surface area (Å²) in [5.74, 6) is -0.199. The molecule has 0 atom stereocenters. The number of hydrogen-bond donors (Lipinski definition) is 1. The molecule has 0 aliphatic heterocycles. The van der Waals surface area contributed by atoms with Gasteiger partial charge in [-0.1, -0.05) is 50.1 Å². The number of aliphatic hydroxyl groups is 1. The summed E-state index contributed by atoms with van der Waals surface area (Å²) in [6.07, 6.45) is 2.95. The van der Waals surface area contributed by atoms with Crippen molar-refractivity contribution in [2.45, 2.75) is 40.0 Å². The topological polar surface area (TPSA) is 50.2 Å². The van der Waals surface area contributed by atoms with E-state index in [1.54, 1.807) is 19.2 Å². The molecule has 1 aliphatic carbocycles. The molecule has 0 amide bonds. The Balaban J connectivity index is 0.000000327. The number of allylic oxidation sites excluding steroid dienone is 2. The van der Waals surface area contributed by atoms with E-state index < -0.39 is 5.41 Å². The smallest absolute Gasteiger partial charge is 0.155 e. The van der Waals surface area contributed by atoms with Gasteiger partial charge in [0.05, 0.1) is 5.76 Å². The summed E-state index contributed by atoms with van der Waals surface area (Å²) >= 11 is 0. The van der Waals surface area contributed by atoms with Crippen molar-refractivity contribution in [3.05, 3.63) is 76.9 Å². The number of pyridine rings is 1. The molecule has 0 spiro atoms. The molecule has 2 aromatic carbocycles. The van der Waals surface area contributed by atoms with E-state index in [0.717, 1.165) is 27.6 Å². The Bertz CT molecular complexity index is 1110.